The van der Waals surface area contributed by atoms with Crippen LogP contribution < -0.4 is 0 Å². The number of esters is 3. The number of fused-ring (bicyclic) bond motifs is 4. The summed E-state index contributed by atoms with van der Waals surface area (Å²) >= 11 is 0. The zero-order chi connectivity index (χ0) is 22.9. The smallest absolute Gasteiger partial charge is 0.347 e. The summed E-state index contributed by atoms with van der Waals surface area (Å²) in [5.74, 6) is 3.33. The van der Waals surface area contributed by atoms with Crippen LogP contribution in [0, 0.1) is 59.2 Å². The van der Waals surface area contributed by atoms with Crippen LogP contribution in [-0.4, -0.2) is 36.2 Å². The summed E-state index contributed by atoms with van der Waals surface area (Å²) in [6.45, 7) is 10.9. The molecule has 4 saturated carbocycles. The Morgan fingerprint density at radius 1 is 0.875 bits per heavy atom. The lowest BCUT2D eigenvalue weighted by atomic mass is 9.61. The highest BCUT2D eigenvalue weighted by Gasteiger charge is 2.62. The predicted octanol–water partition coefficient (Wildman–Crippen LogP) is 4.00. The van der Waals surface area contributed by atoms with E-state index in [0.29, 0.717) is 60.4 Å². The molecule has 11 unspecified atom stereocenters. The molecular formula is C26H38O6. The van der Waals surface area contributed by atoms with E-state index in [1.165, 1.54) is 0 Å². The molecule has 0 aromatic heterocycles. The highest BCUT2D eigenvalue weighted by Crippen LogP contribution is 2.66. The molecule has 0 aromatic carbocycles. The molecule has 5 fully saturated rings. The van der Waals surface area contributed by atoms with E-state index < -0.39 is 17.7 Å². The topological polar surface area (TPSA) is 78.9 Å². The van der Waals surface area contributed by atoms with Crippen molar-refractivity contribution in [3.63, 3.8) is 0 Å². The molecule has 0 radical (unpaired) electrons. The van der Waals surface area contributed by atoms with E-state index >= 15 is 0 Å². The lowest BCUT2D eigenvalue weighted by molar-refractivity contribution is -0.166. The zero-order valence-electron chi connectivity index (χ0n) is 20.0. The third-order valence-electron chi connectivity index (χ3n) is 9.57. The Hall–Kier alpha value is -1.59. The third-order valence-corrected chi connectivity index (χ3v) is 9.57. The zero-order valence-corrected chi connectivity index (χ0v) is 20.0. The summed E-state index contributed by atoms with van der Waals surface area (Å²) in [5.41, 5.74) is -0.445. The summed E-state index contributed by atoms with van der Waals surface area (Å²) in [4.78, 5) is 37.6. The van der Waals surface area contributed by atoms with Gasteiger partial charge in [0.15, 0.2) is 0 Å². The molecule has 1 heterocycles. The van der Waals surface area contributed by atoms with Gasteiger partial charge in [-0.3, -0.25) is 9.59 Å². The Bertz CT molecular complexity index is 797. The van der Waals surface area contributed by atoms with E-state index in [4.69, 9.17) is 14.2 Å². The Morgan fingerprint density at radius 2 is 1.53 bits per heavy atom. The van der Waals surface area contributed by atoms with Gasteiger partial charge in [-0.15, -0.1) is 0 Å². The Labute approximate surface area is 191 Å². The van der Waals surface area contributed by atoms with Crippen LogP contribution >= 0.6 is 0 Å². The summed E-state index contributed by atoms with van der Waals surface area (Å²) < 4.78 is 16.3. The van der Waals surface area contributed by atoms with Crippen molar-refractivity contribution in [1.82, 2.24) is 0 Å². The minimum Gasteiger partial charge on any atom is -0.463 e. The minimum atomic E-state index is -0.715. The van der Waals surface area contributed by atoms with Crippen molar-refractivity contribution in [2.24, 2.45) is 59.2 Å². The Balaban J connectivity index is 1.27. The number of carbonyl (C=O) groups is 3. The van der Waals surface area contributed by atoms with Crippen LogP contribution in [0.2, 0.25) is 0 Å². The number of cyclic esters (lactones) is 1. The van der Waals surface area contributed by atoms with Crippen molar-refractivity contribution in [2.45, 2.75) is 78.4 Å². The molecule has 0 spiro atoms. The largest absolute Gasteiger partial charge is 0.463 e. The quantitative estimate of drug-likeness (QED) is 0.480. The number of ether oxygens (including phenoxy) is 3. The molecule has 11 atom stereocenters. The fourth-order valence-corrected chi connectivity index (χ4v) is 8.42. The van der Waals surface area contributed by atoms with E-state index in [9.17, 15) is 14.4 Å². The first-order valence-electron chi connectivity index (χ1n) is 12.6. The molecule has 0 aromatic rings. The maximum Gasteiger partial charge on any atom is 0.347 e. The van der Waals surface area contributed by atoms with Gasteiger partial charge in [0.2, 0.25) is 6.10 Å². The van der Waals surface area contributed by atoms with E-state index in [-0.39, 0.29) is 23.8 Å². The molecule has 4 bridgehead atoms. The van der Waals surface area contributed by atoms with Crippen LogP contribution in [0.15, 0.2) is 0 Å². The van der Waals surface area contributed by atoms with Crippen LogP contribution in [0.1, 0.15) is 66.7 Å². The molecule has 178 valence electrons. The van der Waals surface area contributed by atoms with Gasteiger partial charge in [0, 0.05) is 6.42 Å². The van der Waals surface area contributed by atoms with Gasteiger partial charge in [-0.2, -0.15) is 0 Å². The number of carbonyl (C=O) groups excluding carboxylic acids is 3. The molecule has 0 amide bonds. The first-order chi connectivity index (χ1) is 15.0. The third kappa shape index (κ3) is 3.56. The molecule has 1 aliphatic heterocycles. The highest BCUT2D eigenvalue weighted by atomic mass is 16.6. The average molecular weight is 447 g/mol. The van der Waals surface area contributed by atoms with Gasteiger partial charge in [0.25, 0.3) is 0 Å². The lowest BCUT2D eigenvalue weighted by Gasteiger charge is -2.44. The first-order valence-corrected chi connectivity index (χ1v) is 12.6. The standard InChI is InChI=1S/C26H38O6/c1-12-14-8-17(19(9-14)24(28)32-26(3,4)5)22(12)21-13(2)16-10-15(21)11-18(16)23(27)31-20-6-7-30-25(20)29/h12-22H,6-11H2,1-5H3. The van der Waals surface area contributed by atoms with Crippen LogP contribution in [0.5, 0.6) is 0 Å². The van der Waals surface area contributed by atoms with Crippen LogP contribution in [0.25, 0.3) is 0 Å². The molecule has 6 heteroatoms. The van der Waals surface area contributed by atoms with Crippen LogP contribution in [0.3, 0.4) is 0 Å². The van der Waals surface area contributed by atoms with E-state index in [2.05, 4.69) is 13.8 Å². The van der Waals surface area contributed by atoms with Gasteiger partial charge in [-0.05, 0) is 93.8 Å². The molecule has 5 aliphatic rings. The van der Waals surface area contributed by atoms with Crippen molar-refractivity contribution in [2.75, 3.05) is 6.61 Å². The van der Waals surface area contributed by atoms with Gasteiger partial charge in [-0.25, -0.2) is 4.79 Å². The van der Waals surface area contributed by atoms with Crippen molar-refractivity contribution in [1.29, 1.82) is 0 Å². The maximum atomic E-state index is 13.0. The van der Waals surface area contributed by atoms with E-state index in [1.54, 1.807) is 0 Å². The van der Waals surface area contributed by atoms with Gasteiger partial charge in [0.1, 0.15) is 5.60 Å². The SMILES string of the molecule is CC1C2CC(CC2C(=O)OC2CCOC2=O)C1C1C(C)C2CC(C(=O)OC(C)(C)C)C1C2. The number of hydrogen-bond donors (Lipinski definition) is 0. The molecular weight excluding hydrogens is 408 g/mol. The first kappa shape index (κ1) is 22.2. The second-order valence-corrected chi connectivity index (χ2v) is 12.3. The summed E-state index contributed by atoms with van der Waals surface area (Å²) in [5, 5.41) is 0. The number of rotatable bonds is 4. The summed E-state index contributed by atoms with van der Waals surface area (Å²) in [6, 6.07) is 0. The van der Waals surface area contributed by atoms with Gasteiger partial charge >= 0.3 is 17.9 Å². The highest BCUT2D eigenvalue weighted by molar-refractivity contribution is 5.82. The molecule has 5 rings (SSSR count). The number of hydrogen-bond acceptors (Lipinski definition) is 6. The van der Waals surface area contributed by atoms with Crippen molar-refractivity contribution in [3.8, 4) is 0 Å². The fraction of sp³-hybridized carbons (Fsp3) is 0.885. The second kappa shape index (κ2) is 7.73. The predicted molar refractivity (Wildman–Crippen MR) is 116 cm³/mol. The van der Waals surface area contributed by atoms with Gasteiger partial charge < -0.3 is 14.2 Å². The average Bonchev–Trinajstić information content (AvgIpc) is 3.48. The van der Waals surface area contributed by atoms with E-state index in [0.717, 1.165) is 25.7 Å². The second-order valence-electron chi connectivity index (χ2n) is 12.3. The lowest BCUT2D eigenvalue weighted by Crippen LogP contribution is -2.43. The molecule has 4 aliphatic carbocycles. The van der Waals surface area contributed by atoms with Crippen LogP contribution in [-0.2, 0) is 28.6 Å². The van der Waals surface area contributed by atoms with Gasteiger partial charge in [-0.1, -0.05) is 13.8 Å². The normalized spacial score (nSPS) is 47.0. The van der Waals surface area contributed by atoms with Crippen LogP contribution in [0.4, 0.5) is 0 Å². The minimum absolute atomic E-state index is 0.0115. The fourth-order valence-electron chi connectivity index (χ4n) is 8.42. The molecule has 6 nitrogen and oxygen atoms in total. The van der Waals surface area contributed by atoms with Gasteiger partial charge in [0.05, 0.1) is 18.4 Å². The molecule has 0 N–H and O–H groups in total. The maximum absolute atomic E-state index is 13.0. The Kier molecular flexibility index (Phi) is 5.37. The Morgan fingerprint density at radius 3 is 2.12 bits per heavy atom. The molecule has 32 heavy (non-hydrogen) atoms. The van der Waals surface area contributed by atoms with Crippen molar-refractivity contribution >= 4 is 17.9 Å². The molecule has 1 saturated heterocycles. The summed E-state index contributed by atoms with van der Waals surface area (Å²) in [6.07, 6.45) is 3.80. The van der Waals surface area contributed by atoms with E-state index in [1.807, 2.05) is 20.8 Å². The monoisotopic (exact) mass is 446 g/mol. The van der Waals surface area contributed by atoms with Crippen molar-refractivity contribution < 1.29 is 28.6 Å². The van der Waals surface area contributed by atoms with Crippen molar-refractivity contribution in [3.05, 3.63) is 0 Å². The summed E-state index contributed by atoms with van der Waals surface area (Å²) in [7, 11) is 0.